The Bertz CT molecular complexity index is 2630. The number of amides is 6. The van der Waals surface area contributed by atoms with E-state index < -0.39 is 103 Å². The van der Waals surface area contributed by atoms with Crippen molar-refractivity contribution in [2.24, 2.45) is 5.92 Å². The highest BCUT2D eigenvalue weighted by Crippen LogP contribution is 2.24. The van der Waals surface area contributed by atoms with Gasteiger partial charge in [0.25, 0.3) is 11.8 Å². The van der Waals surface area contributed by atoms with Gasteiger partial charge < -0.3 is 40.9 Å². The number of rotatable bonds is 22. The lowest BCUT2D eigenvalue weighted by atomic mass is 10.0. The van der Waals surface area contributed by atoms with Crippen LogP contribution in [0.2, 0.25) is 0 Å². The van der Waals surface area contributed by atoms with Gasteiger partial charge in [0.15, 0.2) is 0 Å². The first kappa shape index (κ1) is 51.4. The molecule has 0 radical (unpaired) electrons. The monoisotopic (exact) mass is 944 g/mol. The molecule has 0 unspecified atom stereocenters. The minimum Gasteiger partial charge on any atom is -0.481 e. The van der Waals surface area contributed by atoms with Crippen LogP contribution in [0.3, 0.4) is 0 Å². The lowest BCUT2D eigenvalue weighted by Gasteiger charge is -2.28. The Kier molecular flexibility index (Phi) is 18.5. The molecule has 0 spiro atoms. The number of carbonyl (C=O) groups is 9. The molecule has 0 saturated carbocycles. The molecular formula is C50H52N6O13. The van der Waals surface area contributed by atoms with Gasteiger partial charge in [0.05, 0.1) is 6.42 Å². The number of hydrogen-bond donors (Lipinski definition) is 7. The molecule has 19 nitrogen and oxygen atoms in total. The lowest BCUT2D eigenvalue weighted by molar-refractivity contribution is -0.148. The molecule has 3 atom stereocenters. The molecule has 0 fully saturated rings. The molecule has 0 saturated heterocycles. The summed E-state index contributed by atoms with van der Waals surface area (Å²) >= 11 is 0. The molecule has 5 aromatic rings. The van der Waals surface area contributed by atoms with E-state index in [1.807, 2.05) is 84.9 Å². The molecule has 0 bridgehead atoms. The standard InChI is InChI=1S/C50H52N6O13/c1-31(2)46(53-47(65)39(22-25-43(59)60)51-48(66)40(26-44(61)62)52-50(68)69-30-32-12-4-3-5-13-32)49(67)54-56(29-45(63)64)42(58)24-23-41(57)55(27-35-18-10-16-33-14-6-8-20-37(33)35)28-36-19-11-17-34-15-7-9-21-38(34)36/h3-21,23-24,31,39-40,46H,22,25-30H2,1-2H3,(H,51,66)(H,52,68)(H,53,65)(H,54,67)(H,59,60)(H,61,62)(H,63,64)/b24-23+/t39-,40-,46-/m0/s1. The van der Waals surface area contributed by atoms with Gasteiger partial charge in [0.1, 0.15) is 31.3 Å². The molecule has 0 aliphatic carbocycles. The molecule has 69 heavy (non-hydrogen) atoms. The summed E-state index contributed by atoms with van der Waals surface area (Å²) in [5.74, 6) is -10.4. The molecule has 0 aromatic heterocycles. The SMILES string of the molecule is CC(C)[C@H](NC(=O)[C@H](CCC(=O)O)NC(=O)[C@H](CC(=O)O)NC(=O)OCc1ccccc1)C(=O)NN(CC(=O)O)C(=O)/C=C/C(=O)N(Cc1cccc2ccccc12)Cc1cccc2ccccc12. The number of fused-ring (bicyclic) bond motifs is 2. The van der Waals surface area contributed by atoms with Crippen molar-refractivity contribution in [3.05, 3.63) is 144 Å². The van der Waals surface area contributed by atoms with E-state index in [0.29, 0.717) is 10.6 Å². The summed E-state index contributed by atoms with van der Waals surface area (Å²) in [6.07, 6.45) is -1.59. The van der Waals surface area contributed by atoms with Crippen LogP contribution in [-0.4, -0.2) is 103 Å². The van der Waals surface area contributed by atoms with Crippen molar-refractivity contribution in [2.45, 2.75) is 70.9 Å². The van der Waals surface area contributed by atoms with Crippen molar-refractivity contribution >= 4 is 75.1 Å². The highest BCUT2D eigenvalue weighted by atomic mass is 16.5. The Morgan fingerprint density at radius 2 is 1.12 bits per heavy atom. The van der Waals surface area contributed by atoms with Crippen molar-refractivity contribution in [1.29, 1.82) is 0 Å². The normalized spacial score (nSPS) is 12.3. The van der Waals surface area contributed by atoms with E-state index in [-0.39, 0.29) is 19.7 Å². The molecule has 5 rings (SSSR count). The van der Waals surface area contributed by atoms with Gasteiger partial charge in [-0.05, 0) is 50.6 Å². The molecule has 7 N–H and O–H groups in total. The van der Waals surface area contributed by atoms with Gasteiger partial charge in [-0.1, -0.05) is 129 Å². The van der Waals surface area contributed by atoms with Gasteiger partial charge >= 0.3 is 24.0 Å². The number of hydrogen-bond acceptors (Lipinski definition) is 10. The number of aliphatic carboxylic acids is 3. The second kappa shape index (κ2) is 24.8. The number of carbonyl (C=O) groups excluding carboxylic acids is 6. The number of ether oxygens (including phenoxy) is 1. The maximum absolute atomic E-state index is 14.1. The van der Waals surface area contributed by atoms with Gasteiger partial charge in [-0.2, -0.15) is 0 Å². The van der Waals surface area contributed by atoms with Crippen molar-refractivity contribution in [1.82, 2.24) is 31.3 Å². The van der Waals surface area contributed by atoms with E-state index in [4.69, 9.17) is 4.74 Å². The minimum absolute atomic E-state index is 0.124. The van der Waals surface area contributed by atoms with Gasteiger partial charge in [-0.25, -0.2) is 9.80 Å². The molecule has 0 heterocycles. The molecule has 5 aromatic carbocycles. The minimum atomic E-state index is -1.80. The van der Waals surface area contributed by atoms with E-state index >= 15 is 0 Å². The summed E-state index contributed by atoms with van der Waals surface area (Å²) < 4.78 is 5.09. The zero-order valence-corrected chi connectivity index (χ0v) is 37.7. The molecular weight excluding hydrogens is 893 g/mol. The number of nitrogens with one attached hydrogen (secondary N) is 4. The Balaban J connectivity index is 1.31. The summed E-state index contributed by atoms with van der Waals surface area (Å²) in [6, 6.07) is 30.1. The number of carboxylic acids is 3. The van der Waals surface area contributed by atoms with Gasteiger partial charge in [-0.15, -0.1) is 0 Å². The number of alkyl carbamates (subject to hydrolysis) is 1. The van der Waals surface area contributed by atoms with Crippen molar-refractivity contribution in [2.75, 3.05) is 6.54 Å². The number of nitrogens with zero attached hydrogens (tertiary/aromatic N) is 2. The van der Waals surface area contributed by atoms with Crippen LogP contribution in [0.15, 0.2) is 127 Å². The van der Waals surface area contributed by atoms with Crippen LogP contribution < -0.4 is 21.4 Å². The molecule has 0 aliphatic rings. The van der Waals surface area contributed by atoms with Crippen LogP contribution in [0.5, 0.6) is 0 Å². The van der Waals surface area contributed by atoms with Gasteiger partial charge in [-0.3, -0.25) is 43.8 Å². The van der Waals surface area contributed by atoms with E-state index in [2.05, 4.69) is 21.4 Å². The zero-order chi connectivity index (χ0) is 50.0. The van der Waals surface area contributed by atoms with Crippen LogP contribution in [0.1, 0.15) is 49.8 Å². The summed E-state index contributed by atoms with van der Waals surface area (Å²) in [6.45, 7) is 1.92. The molecule has 19 heteroatoms. The van der Waals surface area contributed by atoms with Crippen LogP contribution >= 0.6 is 0 Å². The predicted octanol–water partition coefficient (Wildman–Crippen LogP) is 4.28. The van der Waals surface area contributed by atoms with Crippen LogP contribution in [0.4, 0.5) is 4.79 Å². The first-order valence-electron chi connectivity index (χ1n) is 21.7. The van der Waals surface area contributed by atoms with Crippen LogP contribution in [-0.2, 0) is 62.8 Å². The third kappa shape index (κ3) is 15.5. The molecule has 6 amide bonds. The Morgan fingerprint density at radius 1 is 0.580 bits per heavy atom. The maximum atomic E-state index is 14.1. The summed E-state index contributed by atoms with van der Waals surface area (Å²) in [4.78, 5) is 118. The van der Waals surface area contributed by atoms with Crippen LogP contribution in [0, 0.1) is 5.92 Å². The highest BCUT2D eigenvalue weighted by molar-refractivity contribution is 6.00. The van der Waals surface area contributed by atoms with Crippen molar-refractivity contribution < 1.29 is 63.2 Å². The number of benzene rings is 5. The average molecular weight is 945 g/mol. The van der Waals surface area contributed by atoms with Gasteiger partial charge in [0.2, 0.25) is 17.7 Å². The predicted molar refractivity (Wildman–Crippen MR) is 250 cm³/mol. The quantitative estimate of drug-likeness (QED) is 0.0378. The number of carboxylic acid groups (broad SMARTS) is 3. The van der Waals surface area contributed by atoms with E-state index in [0.717, 1.165) is 44.8 Å². The van der Waals surface area contributed by atoms with E-state index in [9.17, 15) is 58.5 Å². The van der Waals surface area contributed by atoms with Gasteiger partial charge in [0, 0.05) is 31.7 Å². The lowest BCUT2D eigenvalue weighted by Crippen LogP contribution is -2.60. The third-order valence-corrected chi connectivity index (χ3v) is 10.7. The molecule has 0 aliphatic heterocycles. The van der Waals surface area contributed by atoms with Crippen molar-refractivity contribution in [3.8, 4) is 0 Å². The zero-order valence-electron chi connectivity index (χ0n) is 37.7. The third-order valence-electron chi connectivity index (χ3n) is 10.7. The van der Waals surface area contributed by atoms with E-state index in [1.165, 1.54) is 18.7 Å². The topological polar surface area (TPSA) is 278 Å². The Morgan fingerprint density at radius 3 is 1.67 bits per heavy atom. The fraction of sp³-hybridized carbons (Fsp3) is 0.260. The summed E-state index contributed by atoms with van der Waals surface area (Å²) in [5.41, 5.74) is 4.42. The van der Waals surface area contributed by atoms with Crippen molar-refractivity contribution in [3.63, 3.8) is 0 Å². The second-order valence-electron chi connectivity index (χ2n) is 16.2. The van der Waals surface area contributed by atoms with Crippen LogP contribution in [0.25, 0.3) is 21.5 Å². The highest BCUT2D eigenvalue weighted by Gasteiger charge is 2.33. The summed E-state index contributed by atoms with van der Waals surface area (Å²) in [5, 5.41) is 39.5. The Hall–Kier alpha value is -8.61. The van der Waals surface area contributed by atoms with E-state index in [1.54, 1.807) is 30.3 Å². The average Bonchev–Trinajstić information content (AvgIpc) is 3.32. The fourth-order valence-corrected chi connectivity index (χ4v) is 7.22. The number of hydrazine groups is 1. The Labute approximate surface area is 396 Å². The largest absolute Gasteiger partial charge is 0.481 e. The molecule has 360 valence electrons. The summed E-state index contributed by atoms with van der Waals surface area (Å²) in [7, 11) is 0. The first-order chi connectivity index (χ1) is 33.0. The smallest absolute Gasteiger partial charge is 0.408 e. The fourth-order valence-electron chi connectivity index (χ4n) is 7.22. The maximum Gasteiger partial charge on any atom is 0.408 e. The first-order valence-corrected chi connectivity index (χ1v) is 21.7. The second-order valence-corrected chi connectivity index (χ2v) is 16.2.